The minimum Gasteiger partial charge on any atom is -0.337 e. The van der Waals surface area contributed by atoms with Gasteiger partial charge in [0.15, 0.2) is 0 Å². The van der Waals surface area contributed by atoms with E-state index in [0.29, 0.717) is 12.2 Å². The summed E-state index contributed by atoms with van der Waals surface area (Å²) in [6, 6.07) is 5.99. The molecule has 0 bridgehead atoms. The first-order chi connectivity index (χ1) is 12.3. The van der Waals surface area contributed by atoms with E-state index >= 15 is 0 Å². The van der Waals surface area contributed by atoms with Gasteiger partial charge in [-0.15, -0.1) is 0 Å². The molecule has 1 saturated heterocycles. The maximum Gasteiger partial charge on any atom is 0.274 e. The summed E-state index contributed by atoms with van der Waals surface area (Å²) in [5.41, 5.74) is 1.39. The minimum atomic E-state index is -0.0661. The number of rotatable bonds is 3. The number of imidazole rings is 1. The van der Waals surface area contributed by atoms with Crippen LogP contribution in [-0.2, 0) is 0 Å². The van der Waals surface area contributed by atoms with E-state index in [1.807, 2.05) is 33.9 Å². The average Bonchev–Trinajstić information content (AvgIpc) is 3.23. The Balaban J connectivity index is 1.54. The van der Waals surface area contributed by atoms with Crippen LogP contribution >= 0.6 is 0 Å². The van der Waals surface area contributed by atoms with Gasteiger partial charge in [-0.2, -0.15) is 0 Å². The van der Waals surface area contributed by atoms with Gasteiger partial charge in [-0.3, -0.25) is 14.3 Å². The van der Waals surface area contributed by atoms with Crippen molar-refractivity contribution in [1.29, 1.82) is 0 Å². The van der Waals surface area contributed by atoms with E-state index in [2.05, 4.69) is 15.0 Å². The van der Waals surface area contributed by atoms with Gasteiger partial charge in [0.25, 0.3) is 5.91 Å². The van der Waals surface area contributed by atoms with Crippen LogP contribution in [0.4, 0.5) is 0 Å². The van der Waals surface area contributed by atoms with Crippen LogP contribution in [0.1, 0.15) is 34.9 Å². The average molecular weight is 334 g/mol. The zero-order chi connectivity index (χ0) is 17.1. The number of pyridine rings is 1. The predicted octanol–water partition coefficient (Wildman–Crippen LogP) is 2.08. The molecule has 0 aliphatic carbocycles. The highest BCUT2D eigenvalue weighted by Crippen LogP contribution is 2.27. The molecule has 4 heterocycles. The van der Waals surface area contributed by atoms with Crippen LogP contribution in [0.5, 0.6) is 0 Å². The van der Waals surface area contributed by atoms with E-state index in [9.17, 15) is 4.79 Å². The van der Waals surface area contributed by atoms with Gasteiger partial charge in [0.2, 0.25) is 0 Å². The third-order valence-electron chi connectivity index (χ3n) is 4.43. The van der Waals surface area contributed by atoms with Gasteiger partial charge >= 0.3 is 0 Å². The van der Waals surface area contributed by atoms with Gasteiger partial charge in [0.1, 0.15) is 17.8 Å². The van der Waals surface area contributed by atoms with E-state index in [1.165, 1.54) is 6.20 Å². The Hall–Kier alpha value is -3.09. The number of aromatic nitrogens is 5. The van der Waals surface area contributed by atoms with Gasteiger partial charge in [-0.05, 0) is 25.0 Å². The Morgan fingerprint density at radius 2 is 2.12 bits per heavy atom. The summed E-state index contributed by atoms with van der Waals surface area (Å²) in [5.74, 6) is 0.994. The van der Waals surface area contributed by atoms with E-state index in [1.54, 1.807) is 24.9 Å². The second-order valence-corrected chi connectivity index (χ2v) is 6.07. The van der Waals surface area contributed by atoms with Crippen molar-refractivity contribution in [3.63, 3.8) is 0 Å². The molecule has 0 saturated carbocycles. The molecular weight excluding hydrogens is 316 g/mol. The molecule has 3 aromatic rings. The topological polar surface area (TPSA) is 76.8 Å². The van der Waals surface area contributed by atoms with Gasteiger partial charge in [-0.25, -0.2) is 15.0 Å². The zero-order valence-corrected chi connectivity index (χ0v) is 13.7. The van der Waals surface area contributed by atoms with Crippen molar-refractivity contribution in [2.45, 2.75) is 18.8 Å². The highest BCUT2D eigenvalue weighted by Gasteiger charge is 2.27. The molecule has 1 aliphatic rings. The SMILES string of the molecule is O=C(c1cnccn1)N1CCC[C@H](c2cccc(-n3ccnc3)n2)C1. The first kappa shape index (κ1) is 15.4. The molecule has 0 N–H and O–H groups in total. The van der Waals surface area contributed by atoms with Crippen molar-refractivity contribution in [2.24, 2.45) is 0 Å². The summed E-state index contributed by atoms with van der Waals surface area (Å²) in [5, 5.41) is 0. The Morgan fingerprint density at radius 3 is 2.92 bits per heavy atom. The molecule has 0 aromatic carbocycles. The predicted molar refractivity (Wildman–Crippen MR) is 91.3 cm³/mol. The van der Waals surface area contributed by atoms with E-state index in [-0.39, 0.29) is 11.8 Å². The highest BCUT2D eigenvalue weighted by molar-refractivity contribution is 5.92. The fourth-order valence-corrected chi connectivity index (χ4v) is 3.18. The summed E-state index contributed by atoms with van der Waals surface area (Å²) in [7, 11) is 0. The largest absolute Gasteiger partial charge is 0.337 e. The van der Waals surface area contributed by atoms with Crippen LogP contribution in [-0.4, -0.2) is 48.4 Å². The third-order valence-corrected chi connectivity index (χ3v) is 4.43. The normalized spacial score (nSPS) is 17.4. The maximum absolute atomic E-state index is 12.6. The van der Waals surface area contributed by atoms with Crippen molar-refractivity contribution < 1.29 is 4.79 Å². The molecule has 0 unspecified atom stereocenters. The number of carbonyl (C=O) groups excluding carboxylic acids is 1. The molecule has 7 heteroatoms. The second kappa shape index (κ2) is 6.80. The number of carbonyl (C=O) groups is 1. The summed E-state index contributed by atoms with van der Waals surface area (Å²) in [6.07, 6.45) is 11.9. The fourth-order valence-electron chi connectivity index (χ4n) is 3.18. The highest BCUT2D eigenvalue weighted by atomic mass is 16.2. The first-order valence-corrected chi connectivity index (χ1v) is 8.32. The number of likely N-dealkylation sites (tertiary alicyclic amines) is 1. The van der Waals surface area contributed by atoms with Crippen LogP contribution in [0.25, 0.3) is 5.82 Å². The molecular formula is C18H18N6O. The smallest absolute Gasteiger partial charge is 0.274 e. The Bertz CT molecular complexity index is 849. The molecule has 1 fully saturated rings. The van der Waals surface area contributed by atoms with E-state index in [4.69, 9.17) is 4.98 Å². The lowest BCUT2D eigenvalue weighted by atomic mass is 9.94. The van der Waals surface area contributed by atoms with Crippen molar-refractivity contribution in [3.8, 4) is 5.82 Å². The Morgan fingerprint density at radius 1 is 1.16 bits per heavy atom. The van der Waals surface area contributed by atoms with Crippen molar-refractivity contribution >= 4 is 5.91 Å². The zero-order valence-electron chi connectivity index (χ0n) is 13.7. The number of nitrogens with zero attached hydrogens (tertiary/aromatic N) is 6. The molecule has 1 amide bonds. The van der Waals surface area contributed by atoms with Crippen molar-refractivity contribution in [1.82, 2.24) is 29.4 Å². The lowest BCUT2D eigenvalue weighted by Crippen LogP contribution is -2.39. The number of hydrogen-bond acceptors (Lipinski definition) is 5. The van der Waals surface area contributed by atoms with Crippen LogP contribution in [0, 0.1) is 0 Å². The molecule has 1 aliphatic heterocycles. The molecule has 4 rings (SSSR count). The van der Waals surface area contributed by atoms with E-state index in [0.717, 1.165) is 30.9 Å². The number of piperidine rings is 1. The summed E-state index contributed by atoms with van der Waals surface area (Å²) < 4.78 is 1.88. The molecule has 1 atom stereocenters. The molecule has 0 spiro atoms. The summed E-state index contributed by atoms with van der Waals surface area (Å²) in [4.78, 5) is 31.4. The maximum atomic E-state index is 12.6. The molecule has 3 aromatic heterocycles. The fraction of sp³-hybridized carbons (Fsp3) is 0.278. The molecule has 25 heavy (non-hydrogen) atoms. The van der Waals surface area contributed by atoms with Crippen LogP contribution in [0.15, 0.2) is 55.5 Å². The Labute approximate surface area is 145 Å². The van der Waals surface area contributed by atoms with Gasteiger partial charge in [-0.1, -0.05) is 6.07 Å². The lowest BCUT2D eigenvalue weighted by molar-refractivity contribution is 0.0699. The summed E-state index contributed by atoms with van der Waals surface area (Å²) in [6.45, 7) is 1.39. The van der Waals surface area contributed by atoms with Crippen LogP contribution in [0.3, 0.4) is 0 Å². The monoisotopic (exact) mass is 334 g/mol. The van der Waals surface area contributed by atoms with Gasteiger partial charge in [0, 0.05) is 49.5 Å². The van der Waals surface area contributed by atoms with E-state index < -0.39 is 0 Å². The molecule has 0 radical (unpaired) electrons. The van der Waals surface area contributed by atoms with Crippen LogP contribution < -0.4 is 0 Å². The number of hydrogen-bond donors (Lipinski definition) is 0. The third kappa shape index (κ3) is 3.26. The van der Waals surface area contributed by atoms with Crippen LogP contribution in [0.2, 0.25) is 0 Å². The Kier molecular flexibility index (Phi) is 4.20. The van der Waals surface area contributed by atoms with Crippen molar-refractivity contribution in [3.05, 3.63) is 66.9 Å². The standard InChI is InChI=1S/C18H18N6O/c25-18(16-11-19-6-7-21-16)23-9-2-3-14(12-23)15-4-1-5-17(22-15)24-10-8-20-13-24/h1,4-8,10-11,13-14H,2-3,9,12H2/t14-/m0/s1. The molecule has 126 valence electrons. The minimum absolute atomic E-state index is 0.0661. The quantitative estimate of drug-likeness (QED) is 0.733. The van der Waals surface area contributed by atoms with Crippen molar-refractivity contribution in [2.75, 3.05) is 13.1 Å². The number of amides is 1. The molecule has 7 nitrogen and oxygen atoms in total. The van der Waals surface area contributed by atoms with Gasteiger partial charge < -0.3 is 4.90 Å². The first-order valence-electron chi connectivity index (χ1n) is 8.32. The lowest BCUT2D eigenvalue weighted by Gasteiger charge is -2.32. The summed E-state index contributed by atoms with van der Waals surface area (Å²) >= 11 is 0. The van der Waals surface area contributed by atoms with Gasteiger partial charge in [0.05, 0.1) is 6.20 Å². The second-order valence-electron chi connectivity index (χ2n) is 6.07.